The second kappa shape index (κ2) is 6.81. The van der Waals surface area contributed by atoms with Crippen LogP contribution in [0.5, 0.6) is 0 Å². The summed E-state index contributed by atoms with van der Waals surface area (Å²) in [6, 6.07) is 10.2. The number of hydrogen-bond acceptors (Lipinski definition) is 5. The van der Waals surface area contributed by atoms with E-state index in [1.807, 2.05) is 18.2 Å². The minimum absolute atomic E-state index is 0.0980. The Hall–Kier alpha value is -1.46. The second-order valence-corrected chi connectivity index (χ2v) is 8.59. The molecule has 0 amide bonds. The topological polar surface area (TPSA) is 61.8 Å². The average Bonchev–Trinajstić information content (AvgIpc) is 2.63. The van der Waals surface area contributed by atoms with Gasteiger partial charge in [0.25, 0.3) is 0 Å². The number of methoxy groups -OCH3 is 3. The van der Waals surface area contributed by atoms with Crippen LogP contribution in [0.25, 0.3) is 0 Å². The van der Waals surface area contributed by atoms with E-state index in [0.717, 1.165) is 0 Å². The summed E-state index contributed by atoms with van der Waals surface area (Å²) in [4.78, 5) is 25.3. The van der Waals surface area contributed by atoms with Gasteiger partial charge in [0.15, 0.2) is 0 Å². The zero-order chi connectivity index (χ0) is 17.3. The number of ether oxygens (including phenoxy) is 3. The van der Waals surface area contributed by atoms with E-state index in [2.05, 4.69) is 12.1 Å². The molecule has 0 aliphatic heterocycles. The molecule has 2 bridgehead atoms. The molecule has 0 radical (unpaired) electrons. The third-order valence-electron chi connectivity index (χ3n) is 4.77. The predicted octanol–water partition coefficient (Wildman–Crippen LogP) is 1.11. The normalized spacial score (nSPS) is 27.7. The minimum atomic E-state index is -1.38. The molecule has 3 aliphatic carbocycles. The van der Waals surface area contributed by atoms with Crippen LogP contribution in [-0.4, -0.2) is 53.8 Å². The Balaban J connectivity index is 1.96. The Morgan fingerprint density at radius 1 is 1.17 bits per heavy atom. The van der Waals surface area contributed by atoms with E-state index < -0.39 is 17.7 Å². The summed E-state index contributed by atoms with van der Waals surface area (Å²) in [5.74, 6) is -2.72. The van der Waals surface area contributed by atoms with Crippen molar-refractivity contribution in [3.8, 4) is 0 Å². The van der Waals surface area contributed by atoms with Gasteiger partial charge >= 0.3 is 147 Å². The molecule has 3 atom stereocenters. The third-order valence-corrected chi connectivity index (χ3v) is 7.56. The molecule has 24 heavy (non-hydrogen) atoms. The molecule has 4 rings (SSSR count). The van der Waals surface area contributed by atoms with Gasteiger partial charge in [0.1, 0.15) is 0 Å². The number of ketones is 1. The fourth-order valence-corrected chi connectivity index (χ4v) is 6.35. The van der Waals surface area contributed by atoms with Crippen LogP contribution in [0.4, 0.5) is 0 Å². The first-order valence-electron chi connectivity index (χ1n) is 7.73. The summed E-state index contributed by atoms with van der Waals surface area (Å²) in [6.07, 6.45) is 2.45. The average molecular weight is 395 g/mol. The number of fused-ring (bicyclic) bond motifs is 2. The Morgan fingerprint density at radius 2 is 1.83 bits per heavy atom. The van der Waals surface area contributed by atoms with Crippen molar-refractivity contribution in [3.05, 3.63) is 42.0 Å². The van der Waals surface area contributed by atoms with Crippen LogP contribution in [0.2, 0.25) is 4.82 Å². The first-order chi connectivity index (χ1) is 11.6. The number of rotatable bonds is 5. The third kappa shape index (κ3) is 2.64. The number of carbonyl (C=O) groups is 2. The molecule has 1 saturated carbocycles. The van der Waals surface area contributed by atoms with E-state index in [1.54, 1.807) is 6.08 Å². The number of esters is 1. The Kier molecular flexibility index (Phi) is 4.92. The Bertz CT molecular complexity index is 665. The fourth-order valence-electron chi connectivity index (χ4n) is 3.62. The summed E-state index contributed by atoms with van der Waals surface area (Å²) in [7, 11) is 4.25. The van der Waals surface area contributed by atoms with Gasteiger partial charge in [0.2, 0.25) is 0 Å². The fraction of sp³-hybridized carbons (Fsp3) is 0.444. The maximum absolute atomic E-state index is 13.0. The van der Waals surface area contributed by atoms with Crippen molar-refractivity contribution in [2.45, 2.75) is 17.0 Å². The molecule has 128 valence electrons. The zero-order valence-electron chi connectivity index (χ0n) is 13.9. The van der Waals surface area contributed by atoms with Crippen LogP contribution in [-0.2, 0) is 23.8 Å². The SMILES string of the molecule is COC(=O)C1=C[C@H]2C(=O)C(OC)(OC)[C@@H]1C[C@H]2[Se]c1ccccc1. The number of hydrogen-bond donors (Lipinski definition) is 0. The summed E-state index contributed by atoms with van der Waals surface area (Å²) in [5.41, 5.74) is 0.492. The van der Waals surface area contributed by atoms with Crippen LogP contribution in [0.1, 0.15) is 6.42 Å². The van der Waals surface area contributed by atoms with Gasteiger partial charge in [-0.1, -0.05) is 0 Å². The van der Waals surface area contributed by atoms with E-state index in [4.69, 9.17) is 14.2 Å². The standard InChI is InChI=1S/C18H20O5Se/c1-21-17(20)12-9-13-15(24-11-7-5-4-6-8-11)10-14(12)18(22-2,23-3)16(13)19/h4-9,13-15H,10H2,1-3H3/t13-,14-,15-/m1/s1. The van der Waals surface area contributed by atoms with Gasteiger partial charge in [-0.3, -0.25) is 0 Å². The van der Waals surface area contributed by atoms with Crippen molar-refractivity contribution in [1.82, 2.24) is 0 Å². The van der Waals surface area contributed by atoms with E-state index in [9.17, 15) is 9.59 Å². The molecular formula is C18H20O5Se. The monoisotopic (exact) mass is 396 g/mol. The van der Waals surface area contributed by atoms with Gasteiger partial charge in [0, 0.05) is 0 Å². The maximum atomic E-state index is 13.0. The number of Topliss-reactive ketones (excluding diaryl/α,β-unsaturated/α-hetero) is 1. The molecule has 0 spiro atoms. The Morgan fingerprint density at radius 3 is 2.42 bits per heavy atom. The molecule has 0 unspecified atom stereocenters. The van der Waals surface area contributed by atoms with Crippen LogP contribution in [0.15, 0.2) is 42.0 Å². The molecule has 1 aromatic rings. The van der Waals surface area contributed by atoms with Crippen LogP contribution in [0, 0.1) is 11.8 Å². The summed E-state index contributed by atoms with van der Waals surface area (Å²) in [5, 5.41) is 0. The molecule has 3 aliphatic rings. The van der Waals surface area contributed by atoms with Crippen molar-refractivity contribution in [1.29, 1.82) is 0 Å². The van der Waals surface area contributed by atoms with Gasteiger partial charge in [-0.25, -0.2) is 0 Å². The molecule has 6 heteroatoms. The van der Waals surface area contributed by atoms with E-state index in [-0.39, 0.29) is 31.5 Å². The zero-order valence-corrected chi connectivity index (χ0v) is 15.6. The Labute approximate surface area is 147 Å². The van der Waals surface area contributed by atoms with Crippen LogP contribution < -0.4 is 4.46 Å². The van der Waals surface area contributed by atoms with Gasteiger partial charge in [0.05, 0.1) is 0 Å². The molecule has 0 saturated heterocycles. The van der Waals surface area contributed by atoms with Crippen molar-refractivity contribution < 1.29 is 23.8 Å². The van der Waals surface area contributed by atoms with E-state index in [0.29, 0.717) is 12.0 Å². The van der Waals surface area contributed by atoms with Crippen molar-refractivity contribution in [2.75, 3.05) is 21.3 Å². The summed E-state index contributed by atoms with van der Waals surface area (Å²) >= 11 is 0.131. The van der Waals surface area contributed by atoms with Gasteiger partial charge in [-0.05, 0) is 0 Å². The quantitative estimate of drug-likeness (QED) is 0.425. The molecule has 5 nitrogen and oxygen atoms in total. The van der Waals surface area contributed by atoms with Crippen LogP contribution >= 0.6 is 0 Å². The molecular weight excluding hydrogens is 375 g/mol. The number of benzene rings is 1. The molecule has 1 fully saturated rings. The van der Waals surface area contributed by atoms with Crippen molar-refractivity contribution in [3.63, 3.8) is 0 Å². The second-order valence-electron chi connectivity index (χ2n) is 5.84. The first-order valence-corrected chi connectivity index (χ1v) is 9.58. The van der Waals surface area contributed by atoms with E-state index in [1.165, 1.54) is 25.8 Å². The predicted molar refractivity (Wildman–Crippen MR) is 89.0 cm³/mol. The number of carbonyl (C=O) groups excluding carboxylic acids is 2. The van der Waals surface area contributed by atoms with E-state index >= 15 is 0 Å². The number of allylic oxidation sites excluding steroid dienone is 1. The molecule has 1 aromatic carbocycles. The van der Waals surface area contributed by atoms with Gasteiger partial charge in [-0.2, -0.15) is 0 Å². The molecule has 0 N–H and O–H groups in total. The van der Waals surface area contributed by atoms with Crippen molar-refractivity contribution in [2.24, 2.45) is 11.8 Å². The summed E-state index contributed by atoms with van der Waals surface area (Å²) in [6.45, 7) is 0. The first kappa shape index (κ1) is 17.4. The van der Waals surface area contributed by atoms with Gasteiger partial charge < -0.3 is 0 Å². The molecule has 0 heterocycles. The van der Waals surface area contributed by atoms with Crippen molar-refractivity contribution >= 4 is 31.2 Å². The van der Waals surface area contributed by atoms with Crippen LogP contribution in [0.3, 0.4) is 0 Å². The summed E-state index contributed by atoms with van der Waals surface area (Å²) < 4.78 is 17.1. The van der Waals surface area contributed by atoms with Gasteiger partial charge in [-0.15, -0.1) is 0 Å². The molecule has 0 aromatic heterocycles.